The standard InChI is InChI=1S/C20H28F2N2O4/c1-18(2)13-24(10-11-28-18)14-6-7-15(16(12-14)27-3)23-17(25)20(21,22)19(26)8-4-5-9-19/h6-7,12,26H,4-5,8-11,13H2,1-3H3,(H,23,25). The van der Waals surface area contributed by atoms with Crippen LogP contribution in [0.4, 0.5) is 20.2 Å². The van der Waals surface area contributed by atoms with Crippen molar-refractivity contribution in [2.24, 2.45) is 0 Å². The molecular formula is C20H28F2N2O4. The maximum atomic E-state index is 14.6. The van der Waals surface area contributed by atoms with E-state index in [4.69, 9.17) is 9.47 Å². The number of anilines is 2. The van der Waals surface area contributed by atoms with E-state index in [0.29, 0.717) is 32.5 Å². The summed E-state index contributed by atoms with van der Waals surface area (Å²) in [5.74, 6) is -5.11. The molecule has 0 spiro atoms. The van der Waals surface area contributed by atoms with Gasteiger partial charge in [0.2, 0.25) is 0 Å². The fraction of sp³-hybridized carbons (Fsp3) is 0.650. The molecule has 2 N–H and O–H groups in total. The minimum Gasteiger partial charge on any atom is -0.494 e. The number of hydrogen-bond donors (Lipinski definition) is 2. The number of carbonyl (C=O) groups excluding carboxylic acids is 1. The number of benzene rings is 1. The van der Waals surface area contributed by atoms with Crippen LogP contribution in [0.3, 0.4) is 0 Å². The van der Waals surface area contributed by atoms with E-state index in [1.165, 1.54) is 7.11 Å². The number of nitrogens with zero attached hydrogens (tertiary/aromatic N) is 1. The largest absolute Gasteiger partial charge is 0.494 e. The van der Waals surface area contributed by atoms with Crippen LogP contribution in [0, 0.1) is 0 Å². The maximum absolute atomic E-state index is 14.6. The third-order valence-corrected chi connectivity index (χ3v) is 5.52. The number of carbonyl (C=O) groups is 1. The third kappa shape index (κ3) is 3.93. The minimum absolute atomic E-state index is 0.0870. The number of morpholine rings is 1. The Kier molecular flexibility index (Phi) is 5.55. The van der Waals surface area contributed by atoms with Gasteiger partial charge < -0.3 is 24.8 Å². The topological polar surface area (TPSA) is 71.0 Å². The number of alkyl halides is 2. The van der Waals surface area contributed by atoms with E-state index < -0.39 is 17.4 Å². The smallest absolute Gasteiger partial charge is 0.352 e. The van der Waals surface area contributed by atoms with E-state index in [2.05, 4.69) is 10.2 Å². The first-order valence-electron chi connectivity index (χ1n) is 9.57. The van der Waals surface area contributed by atoms with Gasteiger partial charge in [-0.05, 0) is 38.8 Å². The first kappa shape index (κ1) is 20.8. The van der Waals surface area contributed by atoms with Gasteiger partial charge in [0, 0.05) is 24.8 Å². The van der Waals surface area contributed by atoms with E-state index in [-0.39, 0.29) is 29.9 Å². The van der Waals surface area contributed by atoms with Crippen LogP contribution in [0.5, 0.6) is 5.75 Å². The molecular weight excluding hydrogens is 370 g/mol. The average Bonchev–Trinajstić information content (AvgIpc) is 3.09. The second-order valence-corrected chi connectivity index (χ2v) is 8.18. The van der Waals surface area contributed by atoms with Gasteiger partial charge in [-0.15, -0.1) is 0 Å². The van der Waals surface area contributed by atoms with E-state index in [0.717, 1.165) is 5.69 Å². The summed E-state index contributed by atoms with van der Waals surface area (Å²) in [5.41, 5.74) is -1.58. The molecule has 1 aliphatic heterocycles. The SMILES string of the molecule is COc1cc(N2CCOC(C)(C)C2)ccc1NC(=O)C(F)(F)C1(O)CCCC1. The van der Waals surface area contributed by atoms with Gasteiger partial charge >= 0.3 is 5.92 Å². The molecule has 8 heteroatoms. The van der Waals surface area contributed by atoms with Crippen molar-refractivity contribution in [1.82, 2.24) is 0 Å². The zero-order chi connectivity index (χ0) is 20.6. The molecule has 0 radical (unpaired) electrons. The molecule has 2 aliphatic rings. The van der Waals surface area contributed by atoms with E-state index in [1.54, 1.807) is 18.2 Å². The van der Waals surface area contributed by atoms with Gasteiger partial charge in [-0.2, -0.15) is 8.78 Å². The zero-order valence-corrected chi connectivity index (χ0v) is 16.6. The number of hydrogen-bond acceptors (Lipinski definition) is 5. The number of halogens is 2. The molecule has 6 nitrogen and oxygen atoms in total. The van der Waals surface area contributed by atoms with Crippen molar-refractivity contribution in [1.29, 1.82) is 0 Å². The number of ether oxygens (including phenoxy) is 2. The Balaban J connectivity index is 1.78. The Morgan fingerprint density at radius 2 is 2.00 bits per heavy atom. The highest BCUT2D eigenvalue weighted by atomic mass is 19.3. The first-order valence-corrected chi connectivity index (χ1v) is 9.57. The highest BCUT2D eigenvalue weighted by molar-refractivity contribution is 5.98. The number of methoxy groups -OCH3 is 1. The lowest BCUT2D eigenvalue weighted by Gasteiger charge is -2.39. The summed E-state index contributed by atoms with van der Waals surface area (Å²) < 4.78 is 40.1. The maximum Gasteiger partial charge on any atom is 0.352 e. The molecule has 0 aromatic heterocycles. The number of nitrogens with one attached hydrogen (secondary N) is 1. The van der Waals surface area contributed by atoms with Crippen LogP contribution >= 0.6 is 0 Å². The molecule has 1 saturated heterocycles. The molecule has 1 aromatic carbocycles. The van der Waals surface area contributed by atoms with Gasteiger partial charge in [0.25, 0.3) is 5.91 Å². The number of rotatable bonds is 5. The summed E-state index contributed by atoms with van der Waals surface area (Å²) in [7, 11) is 1.42. The highest BCUT2D eigenvalue weighted by Crippen LogP contribution is 2.43. The Morgan fingerprint density at radius 1 is 1.32 bits per heavy atom. The molecule has 156 valence electrons. The second-order valence-electron chi connectivity index (χ2n) is 8.18. The van der Waals surface area contributed by atoms with Crippen LogP contribution in [-0.2, 0) is 9.53 Å². The summed E-state index contributed by atoms with van der Waals surface area (Å²) in [5, 5.41) is 12.4. The summed E-state index contributed by atoms with van der Waals surface area (Å²) in [6.45, 7) is 5.95. The molecule has 28 heavy (non-hydrogen) atoms. The molecule has 0 bridgehead atoms. The van der Waals surface area contributed by atoms with Crippen LogP contribution in [0.2, 0.25) is 0 Å². The van der Waals surface area contributed by atoms with Crippen molar-refractivity contribution < 1.29 is 28.2 Å². The van der Waals surface area contributed by atoms with Crippen LogP contribution in [0.25, 0.3) is 0 Å². The van der Waals surface area contributed by atoms with E-state index in [1.807, 2.05) is 13.8 Å². The molecule has 1 aromatic rings. The summed E-state index contributed by atoms with van der Waals surface area (Å²) >= 11 is 0. The number of amides is 1. The summed E-state index contributed by atoms with van der Waals surface area (Å²) in [4.78, 5) is 14.4. The van der Waals surface area contributed by atoms with Gasteiger partial charge in [-0.3, -0.25) is 4.79 Å². The summed E-state index contributed by atoms with van der Waals surface area (Å²) in [6.07, 6.45) is 0.785. The quantitative estimate of drug-likeness (QED) is 0.797. The van der Waals surface area contributed by atoms with Gasteiger partial charge in [0.15, 0.2) is 0 Å². The van der Waals surface area contributed by atoms with Gasteiger partial charge in [-0.25, -0.2) is 0 Å². The fourth-order valence-corrected chi connectivity index (χ4v) is 3.90. The molecule has 1 aliphatic carbocycles. The average molecular weight is 398 g/mol. The molecule has 1 saturated carbocycles. The Morgan fingerprint density at radius 3 is 2.61 bits per heavy atom. The predicted molar refractivity (Wildman–Crippen MR) is 102 cm³/mol. The van der Waals surface area contributed by atoms with Crippen LogP contribution in [0.1, 0.15) is 39.5 Å². The monoisotopic (exact) mass is 398 g/mol. The second kappa shape index (κ2) is 7.48. The normalized spacial score (nSPS) is 21.4. The van der Waals surface area contributed by atoms with Crippen molar-refractivity contribution in [3.8, 4) is 5.75 Å². The molecule has 3 rings (SSSR count). The van der Waals surface area contributed by atoms with Crippen LogP contribution in [-0.4, -0.2) is 54.9 Å². The van der Waals surface area contributed by atoms with E-state index in [9.17, 15) is 18.7 Å². The lowest BCUT2D eigenvalue weighted by molar-refractivity contribution is -0.185. The molecule has 1 heterocycles. The van der Waals surface area contributed by atoms with Crippen molar-refractivity contribution in [2.45, 2.75) is 56.7 Å². The molecule has 1 amide bonds. The molecule has 0 unspecified atom stereocenters. The van der Waals surface area contributed by atoms with Crippen LogP contribution < -0.4 is 15.0 Å². The van der Waals surface area contributed by atoms with Gasteiger partial charge in [-0.1, -0.05) is 12.8 Å². The fourth-order valence-electron chi connectivity index (χ4n) is 3.90. The molecule has 0 atom stereocenters. The Bertz CT molecular complexity index is 733. The summed E-state index contributed by atoms with van der Waals surface area (Å²) in [6, 6.07) is 5.00. The third-order valence-electron chi connectivity index (χ3n) is 5.52. The minimum atomic E-state index is -3.87. The van der Waals surface area contributed by atoms with E-state index >= 15 is 0 Å². The first-order chi connectivity index (χ1) is 13.1. The molecule has 2 fully saturated rings. The predicted octanol–water partition coefficient (Wildman–Crippen LogP) is 3.19. The number of aliphatic hydroxyl groups is 1. The van der Waals surface area contributed by atoms with Crippen molar-refractivity contribution in [3.63, 3.8) is 0 Å². The van der Waals surface area contributed by atoms with Crippen LogP contribution in [0.15, 0.2) is 18.2 Å². The highest BCUT2D eigenvalue weighted by Gasteiger charge is 2.59. The van der Waals surface area contributed by atoms with Crippen molar-refractivity contribution >= 4 is 17.3 Å². The lowest BCUT2D eigenvalue weighted by Crippen LogP contribution is -2.53. The van der Waals surface area contributed by atoms with Gasteiger partial charge in [0.1, 0.15) is 11.4 Å². The van der Waals surface area contributed by atoms with Crippen molar-refractivity contribution in [2.75, 3.05) is 37.0 Å². The Labute approximate surface area is 163 Å². The zero-order valence-electron chi connectivity index (χ0n) is 16.6. The van der Waals surface area contributed by atoms with Gasteiger partial charge in [0.05, 0.1) is 25.0 Å². The lowest BCUT2D eigenvalue weighted by atomic mass is 9.93. The van der Waals surface area contributed by atoms with Crippen molar-refractivity contribution in [3.05, 3.63) is 18.2 Å². The Hall–Kier alpha value is -1.93.